The standard InChI is InChI=1S/C54H47NS/c1-53(2,3)39-33-38(34-40(35-39)54(4,5)6)42-26-16-21-37-22-17-27-45(51(37)42)43-24-11-14-30-48(43)55(47-29-13-10-23-41(47)36-19-8-7-9-20-36)49-31-18-28-46-44-25-12-15-32-50(44)56-52(46)49/h7-35H,1-6H3. The van der Waals surface area contributed by atoms with Crippen molar-refractivity contribution in [3.63, 3.8) is 0 Å². The van der Waals surface area contributed by atoms with E-state index in [1.165, 1.54) is 81.1 Å². The second-order valence-electron chi connectivity index (χ2n) is 17.0. The lowest BCUT2D eigenvalue weighted by molar-refractivity contribution is 0.569. The van der Waals surface area contributed by atoms with Gasteiger partial charge in [-0.3, -0.25) is 0 Å². The van der Waals surface area contributed by atoms with E-state index in [9.17, 15) is 0 Å². The summed E-state index contributed by atoms with van der Waals surface area (Å²) in [6.45, 7) is 13.9. The van der Waals surface area contributed by atoms with Gasteiger partial charge in [-0.1, -0.05) is 193 Å². The van der Waals surface area contributed by atoms with Gasteiger partial charge in [0.2, 0.25) is 0 Å². The van der Waals surface area contributed by atoms with Crippen molar-refractivity contribution in [2.45, 2.75) is 52.4 Å². The van der Waals surface area contributed by atoms with Gasteiger partial charge in [-0.15, -0.1) is 11.3 Å². The Morgan fingerprint density at radius 3 is 1.61 bits per heavy atom. The molecule has 0 aliphatic heterocycles. The number of anilines is 3. The zero-order chi connectivity index (χ0) is 38.6. The van der Waals surface area contributed by atoms with Crippen molar-refractivity contribution >= 4 is 59.3 Å². The van der Waals surface area contributed by atoms with Crippen molar-refractivity contribution in [2.75, 3.05) is 4.90 Å². The first-order chi connectivity index (χ1) is 27.1. The molecule has 0 saturated carbocycles. The van der Waals surface area contributed by atoms with E-state index in [-0.39, 0.29) is 10.8 Å². The predicted molar refractivity (Wildman–Crippen MR) is 245 cm³/mol. The van der Waals surface area contributed by atoms with Gasteiger partial charge in [0.25, 0.3) is 0 Å². The van der Waals surface area contributed by atoms with Gasteiger partial charge in [-0.05, 0) is 79.2 Å². The van der Waals surface area contributed by atoms with Gasteiger partial charge in [-0.25, -0.2) is 0 Å². The normalized spacial score (nSPS) is 12.1. The van der Waals surface area contributed by atoms with Gasteiger partial charge in [0.15, 0.2) is 0 Å². The van der Waals surface area contributed by atoms with Crippen LogP contribution in [0.2, 0.25) is 0 Å². The molecule has 2 heteroatoms. The number of benzene rings is 8. The van der Waals surface area contributed by atoms with Crippen LogP contribution in [0.5, 0.6) is 0 Å². The third kappa shape index (κ3) is 6.38. The summed E-state index contributed by atoms with van der Waals surface area (Å²) >= 11 is 1.88. The Morgan fingerprint density at radius 1 is 0.393 bits per heavy atom. The quantitative estimate of drug-likeness (QED) is 0.164. The van der Waals surface area contributed by atoms with Crippen LogP contribution in [0.1, 0.15) is 52.7 Å². The Labute approximate surface area is 335 Å². The van der Waals surface area contributed by atoms with Crippen LogP contribution in [0.3, 0.4) is 0 Å². The molecule has 9 rings (SSSR count). The van der Waals surface area contributed by atoms with E-state index in [0.29, 0.717) is 0 Å². The minimum Gasteiger partial charge on any atom is -0.308 e. The van der Waals surface area contributed by atoms with E-state index in [4.69, 9.17) is 0 Å². The van der Waals surface area contributed by atoms with Gasteiger partial charge < -0.3 is 4.90 Å². The maximum absolute atomic E-state index is 2.52. The summed E-state index contributed by atoms with van der Waals surface area (Å²) in [6, 6.07) is 65.2. The molecular formula is C54H47NS. The minimum absolute atomic E-state index is 0.0102. The number of thiophene rings is 1. The lowest BCUT2D eigenvalue weighted by atomic mass is 9.78. The molecule has 0 saturated heterocycles. The maximum atomic E-state index is 2.52. The van der Waals surface area contributed by atoms with Crippen molar-refractivity contribution in [3.05, 3.63) is 187 Å². The molecule has 0 fully saturated rings. The third-order valence-electron chi connectivity index (χ3n) is 11.2. The number of rotatable bonds is 6. The molecule has 0 aliphatic carbocycles. The highest BCUT2D eigenvalue weighted by molar-refractivity contribution is 7.26. The average molecular weight is 742 g/mol. The molecule has 56 heavy (non-hydrogen) atoms. The lowest BCUT2D eigenvalue weighted by Crippen LogP contribution is -2.16. The Morgan fingerprint density at radius 2 is 0.911 bits per heavy atom. The molecular weight excluding hydrogens is 695 g/mol. The molecule has 274 valence electrons. The number of para-hydroxylation sites is 2. The molecule has 9 aromatic rings. The van der Waals surface area contributed by atoms with Crippen LogP contribution in [0.25, 0.3) is 64.3 Å². The minimum atomic E-state index is 0.0102. The van der Waals surface area contributed by atoms with Crippen LogP contribution < -0.4 is 4.90 Å². The van der Waals surface area contributed by atoms with Gasteiger partial charge >= 0.3 is 0 Å². The van der Waals surface area contributed by atoms with Crippen LogP contribution in [0.15, 0.2) is 176 Å². The van der Waals surface area contributed by atoms with Crippen LogP contribution in [0, 0.1) is 0 Å². The van der Waals surface area contributed by atoms with E-state index in [2.05, 4.69) is 222 Å². The smallest absolute Gasteiger partial charge is 0.0640 e. The largest absolute Gasteiger partial charge is 0.308 e. The molecule has 1 aromatic heterocycles. The first kappa shape index (κ1) is 35.7. The molecule has 8 aromatic carbocycles. The summed E-state index contributed by atoms with van der Waals surface area (Å²) in [5.41, 5.74) is 13.5. The third-order valence-corrected chi connectivity index (χ3v) is 12.4. The topological polar surface area (TPSA) is 3.24 Å². The molecule has 0 aliphatic rings. The summed E-state index contributed by atoms with van der Waals surface area (Å²) < 4.78 is 2.57. The highest BCUT2D eigenvalue weighted by Crippen LogP contribution is 2.50. The van der Waals surface area contributed by atoms with Crippen LogP contribution in [0.4, 0.5) is 17.1 Å². The van der Waals surface area contributed by atoms with Gasteiger partial charge in [0, 0.05) is 26.6 Å². The van der Waals surface area contributed by atoms with Crippen LogP contribution in [-0.2, 0) is 10.8 Å². The fourth-order valence-electron chi connectivity index (χ4n) is 8.18. The first-order valence-electron chi connectivity index (χ1n) is 19.7. The van der Waals surface area contributed by atoms with E-state index >= 15 is 0 Å². The van der Waals surface area contributed by atoms with Crippen molar-refractivity contribution in [2.24, 2.45) is 0 Å². The highest BCUT2D eigenvalue weighted by atomic mass is 32.1. The van der Waals surface area contributed by atoms with Gasteiger partial charge in [0.05, 0.1) is 21.8 Å². The highest BCUT2D eigenvalue weighted by Gasteiger charge is 2.26. The Kier molecular flexibility index (Phi) is 8.91. The number of fused-ring (bicyclic) bond motifs is 4. The molecule has 1 nitrogen and oxygen atoms in total. The summed E-state index contributed by atoms with van der Waals surface area (Å²) in [4.78, 5) is 2.52. The van der Waals surface area contributed by atoms with E-state index in [1.54, 1.807) is 0 Å². The number of hydrogen-bond donors (Lipinski definition) is 0. The van der Waals surface area contributed by atoms with E-state index in [0.717, 1.165) is 11.4 Å². The van der Waals surface area contributed by atoms with Crippen LogP contribution in [-0.4, -0.2) is 0 Å². The summed E-state index contributed by atoms with van der Waals surface area (Å²) in [6.07, 6.45) is 0. The Hall–Kier alpha value is -5.96. The first-order valence-corrected chi connectivity index (χ1v) is 20.5. The maximum Gasteiger partial charge on any atom is 0.0640 e. The SMILES string of the molecule is CC(C)(C)c1cc(-c2cccc3cccc(-c4ccccc4N(c4ccccc4-c4ccccc4)c4cccc5c4sc4ccccc45)c23)cc(C(C)(C)C)c1. The summed E-state index contributed by atoms with van der Waals surface area (Å²) in [7, 11) is 0. The number of hydrogen-bond acceptors (Lipinski definition) is 2. The molecule has 0 amide bonds. The molecule has 1 heterocycles. The van der Waals surface area contributed by atoms with Crippen molar-refractivity contribution in [3.8, 4) is 33.4 Å². The Bertz CT molecular complexity index is 2840. The molecule has 0 unspecified atom stereocenters. The number of nitrogens with zero attached hydrogens (tertiary/aromatic N) is 1. The van der Waals surface area contributed by atoms with Crippen molar-refractivity contribution in [1.29, 1.82) is 0 Å². The van der Waals surface area contributed by atoms with E-state index in [1.807, 2.05) is 11.3 Å². The zero-order valence-corrected chi connectivity index (χ0v) is 33.9. The molecule has 0 radical (unpaired) electrons. The molecule has 0 N–H and O–H groups in total. The summed E-state index contributed by atoms with van der Waals surface area (Å²) in [5.74, 6) is 0. The van der Waals surface area contributed by atoms with E-state index < -0.39 is 0 Å². The van der Waals surface area contributed by atoms with Crippen LogP contribution >= 0.6 is 11.3 Å². The lowest BCUT2D eigenvalue weighted by Gasteiger charge is -2.30. The van der Waals surface area contributed by atoms with Gasteiger partial charge in [0.1, 0.15) is 0 Å². The second-order valence-corrected chi connectivity index (χ2v) is 18.0. The molecule has 0 atom stereocenters. The molecule has 0 spiro atoms. The average Bonchev–Trinajstić information content (AvgIpc) is 3.60. The monoisotopic (exact) mass is 741 g/mol. The molecule has 0 bridgehead atoms. The van der Waals surface area contributed by atoms with Crippen molar-refractivity contribution < 1.29 is 0 Å². The van der Waals surface area contributed by atoms with Crippen molar-refractivity contribution in [1.82, 2.24) is 0 Å². The fraction of sp³-hybridized carbons (Fsp3) is 0.148. The Balaban J connectivity index is 1.35. The predicted octanol–water partition coefficient (Wildman–Crippen LogP) is 16.3. The van der Waals surface area contributed by atoms with Gasteiger partial charge in [-0.2, -0.15) is 0 Å². The summed E-state index contributed by atoms with van der Waals surface area (Å²) in [5, 5.41) is 5.08. The second kappa shape index (κ2) is 14.0. The zero-order valence-electron chi connectivity index (χ0n) is 33.1. The fourth-order valence-corrected chi connectivity index (χ4v) is 9.39.